The Balaban J connectivity index is 1.88. The van der Waals surface area contributed by atoms with Crippen LogP contribution in [0.4, 0.5) is 0 Å². The van der Waals surface area contributed by atoms with Crippen LogP contribution >= 0.6 is 0 Å². The summed E-state index contributed by atoms with van der Waals surface area (Å²) in [6.45, 7) is 9.91. The van der Waals surface area contributed by atoms with Crippen LogP contribution < -0.4 is 10.6 Å². The van der Waals surface area contributed by atoms with E-state index in [1.54, 1.807) is 4.90 Å². The number of likely N-dealkylation sites (tertiary alicyclic amines) is 1. The number of nitrogens with one attached hydrogen (secondary N) is 2. The second-order valence-corrected chi connectivity index (χ2v) is 10.7. The van der Waals surface area contributed by atoms with E-state index in [1.165, 1.54) is 0 Å². The molecule has 6 atom stereocenters. The van der Waals surface area contributed by atoms with E-state index in [4.69, 9.17) is 9.84 Å². The van der Waals surface area contributed by atoms with Crippen molar-refractivity contribution < 1.29 is 24.2 Å². The van der Waals surface area contributed by atoms with Gasteiger partial charge in [-0.2, -0.15) is 0 Å². The van der Waals surface area contributed by atoms with Crippen molar-refractivity contribution in [2.24, 2.45) is 17.8 Å². The zero-order chi connectivity index (χ0) is 24.9. The first-order valence-electron chi connectivity index (χ1n) is 13.4. The summed E-state index contributed by atoms with van der Waals surface area (Å²) in [5.41, 5.74) is -1.72. The summed E-state index contributed by atoms with van der Waals surface area (Å²) in [7, 11) is 0. The molecule has 0 aliphatic carbocycles. The second kappa shape index (κ2) is 11.4. The number of hydrogen-bond acceptors (Lipinski definition) is 5. The van der Waals surface area contributed by atoms with Gasteiger partial charge in [0.1, 0.15) is 11.6 Å². The van der Waals surface area contributed by atoms with Crippen molar-refractivity contribution in [1.29, 1.82) is 0 Å². The summed E-state index contributed by atoms with van der Waals surface area (Å²) in [6, 6.07) is -0.710. The molecule has 194 valence electrons. The highest BCUT2D eigenvalue weighted by atomic mass is 16.5. The van der Waals surface area contributed by atoms with Crippen molar-refractivity contribution in [2.45, 2.75) is 103 Å². The number of rotatable bonds is 14. The third-order valence-electron chi connectivity index (χ3n) is 8.28. The normalized spacial score (nSPS) is 33.9. The second-order valence-electron chi connectivity index (χ2n) is 10.7. The van der Waals surface area contributed by atoms with Crippen molar-refractivity contribution in [1.82, 2.24) is 15.5 Å². The van der Waals surface area contributed by atoms with Crippen LogP contribution in [0, 0.1) is 17.8 Å². The Hall–Kier alpha value is -1.67. The quantitative estimate of drug-likeness (QED) is 0.332. The number of aliphatic hydroxyl groups excluding tert-OH is 1. The van der Waals surface area contributed by atoms with Gasteiger partial charge in [-0.15, -0.1) is 0 Å². The SMILES string of the molecule is CCCCCNC(=O)C1N(CCCCCCO)C(=O)[C@@H]2[C@H](C(=O)NCCC)[C@@]3(C)OC12CC3C. The first-order chi connectivity index (χ1) is 16.3. The van der Waals surface area contributed by atoms with E-state index in [0.29, 0.717) is 26.1 Å². The molecule has 3 aliphatic rings. The van der Waals surface area contributed by atoms with Gasteiger partial charge in [0.15, 0.2) is 0 Å². The van der Waals surface area contributed by atoms with Crippen LogP contribution in [0.2, 0.25) is 0 Å². The number of fused-ring (bicyclic) bond motifs is 1. The molecule has 0 aromatic carbocycles. The molecule has 1 spiro atoms. The monoisotopic (exact) mass is 479 g/mol. The van der Waals surface area contributed by atoms with E-state index in [9.17, 15) is 14.4 Å². The van der Waals surface area contributed by atoms with Gasteiger partial charge in [0.05, 0.1) is 17.4 Å². The topological polar surface area (TPSA) is 108 Å². The summed E-state index contributed by atoms with van der Waals surface area (Å²) in [5.74, 6) is -1.58. The fourth-order valence-electron chi connectivity index (χ4n) is 6.47. The van der Waals surface area contributed by atoms with E-state index in [1.807, 2.05) is 13.8 Å². The Labute approximate surface area is 204 Å². The lowest BCUT2D eigenvalue weighted by Gasteiger charge is -2.36. The fraction of sp³-hybridized carbons (Fsp3) is 0.885. The number of nitrogens with zero attached hydrogens (tertiary/aromatic N) is 1. The Kier molecular flexibility index (Phi) is 9.01. The van der Waals surface area contributed by atoms with E-state index in [0.717, 1.165) is 51.4 Å². The highest BCUT2D eigenvalue weighted by molar-refractivity contribution is 5.99. The van der Waals surface area contributed by atoms with Gasteiger partial charge in [0.25, 0.3) is 0 Å². The molecule has 0 saturated carbocycles. The van der Waals surface area contributed by atoms with E-state index in [-0.39, 0.29) is 30.2 Å². The average molecular weight is 480 g/mol. The predicted octanol–water partition coefficient (Wildman–Crippen LogP) is 2.38. The lowest BCUT2D eigenvalue weighted by Crippen LogP contribution is -2.56. The maximum atomic E-state index is 13.9. The largest absolute Gasteiger partial charge is 0.396 e. The molecule has 34 heavy (non-hydrogen) atoms. The molecule has 3 aliphatic heterocycles. The number of carbonyl (C=O) groups is 3. The predicted molar refractivity (Wildman–Crippen MR) is 130 cm³/mol. The lowest BCUT2D eigenvalue weighted by atomic mass is 9.62. The maximum Gasteiger partial charge on any atom is 0.245 e. The zero-order valence-electron chi connectivity index (χ0n) is 21.5. The average Bonchev–Trinajstić information content (AvgIpc) is 3.31. The van der Waals surface area contributed by atoms with Gasteiger partial charge in [-0.1, -0.05) is 46.5 Å². The Bertz CT molecular complexity index is 746. The minimum Gasteiger partial charge on any atom is -0.396 e. The zero-order valence-corrected chi connectivity index (χ0v) is 21.5. The van der Waals surface area contributed by atoms with E-state index in [2.05, 4.69) is 24.5 Å². The Morgan fingerprint density at radius 2 is 1.74 bits per heavy atom. The molecule has 3 unspecified atom stereocenters. The molecule has 8 heteroatoms. The minimum atomic E-state index is -0.959. The number of carbonyl (C=O) groups excluding carboxylic acids is 3. The van der Waals surface area contributed by atoms with Gasteiger partial charge in [0, 0.05) is 26.2 Å². The van der Waals surface area contributed by atoms with Crippen molar-refractivity contribution in [2.75, 3.05) is 26.2 Å². The highest BCUT2D eigenvalue weighted by Crippen LogP contribution is 2.65. The molecule has 3 heterocycles. The first kappa shape index (κ1) is 26.9. The van der Waals surface area contributed by atoms with Gasteiger partial charge >= 0.3 is 0 Å². The van der Waals surface area contributed by atoms with E-state index < -0.39 is 29.1 Å². The number of unbranched alkanes of at least 4 members (excludes halogenated alkanes) is 5. The lowest BCUT2D eigenvalue weighted by molar-refractivity contribution is -0.147. The molecular formula is C26H45N3O5. The number of amides is 3. The molecule has 3 N–H and O–H groups in total. The van der Waals surface area contributed by atoms with Gasteiger partial charge in [0.2, 0.25) is 17.7 Å². The highest BCUT2D eigenvalue weighted by Gasteiger charge is 2.79. The van der Waals surface area contributed by atoms with Crippen LogP contribution in [0.25, 0.3) is 0 Å². The maximum absolute atomic E-state index is 13.9. The molecule has 0 aromatic heterocycles. The van der Waals surface area contributed by atoms with Crippen LogP contribution in [0.15, 0.2) is 0 Å². The Morgan fingerprint density at radius 1 is 1.03 bits per heavy atom. The molecule has 3 amide bonds. The van der Waals surface area contributed by atoms with Gasteiger partial charge in [-0.3, -0.25) is 14.4 Å². The molecule has 2 bridgehead atoms. The summed E-state index contributed by atoms with van der Waals surface area (Å²) in [5, 5.41) is 15.1. The van der Waals surface area contributed by atoms with Crippen LogP contribution in [0.1, 0.15) is 85.5 Å². The standard InChI is InChI=1S/C26H45N3O5/c1-5-7-10-14-28-23(32)21-26-17-18(3)25(4,34-26)19(22(31)27-13-6-2)20(26)24(33)29(21)15-11-8-9-12-16-30/h18-21,30H,5-17H2,1-4H3,(H,27,31)(H,28,32)/t18?,19-,20+,21?,25+,26?/m1/s1. The molecule has 3 rings (SSSR count). The van der Waals surface area contributed by atoms with Crippen LogP contribution in [0.5, 0.6) is 0 Å². The van der Waals surface area contributed by atoms with E-state index >= 15 is 0 Å². The van der Waals surface area contributed by atoms with Gasteiger partial charge in [-0.05, 0) is 44.9 Å². The van der Waals surface area contributed by atoms with Crippen molar-refractivity contribution in [3.05, 3.63) is 0 Å². The third-order valence-corrected chi connectivity index (χ3v) is 8.28. The summed E-state index contributed by atoms with van der Waals surface area (Å²) >= 11 is 0. The molecule has 3 saturated heterocycles. The number of aliphatic hydroxyl groups is 1. The van der Waals surface area contributed by atoms with Crippen LogP contribution in [-0.4, -0.2) is 71.2 Å². The first-order valence-corrected chi connectivity index (χ1v) is 13.4. The number of ether oxygens (including phenoxy) is 1. The minimum absolute atomic E-state index is 0.0637. The van der Waals surface area contributed by atoms with Crippen molar-refractivity contribution in [3.8, 4) is 0 Å². The molecule has 0 aromatic rings. The Morgan fingerprint density at radius 3 is 2.41 bits per heavy atom. The van der Waals surface area contributed by atoms with Crippen molar-refractivity contribution in [3.63, 3.8) is 0 Å². The third kappa shape index (κ3) is 4.72. The summed E-state index contributed by atoms with van der Waals surface area (Å²) in [6.07, 6.45) is 7.68. The molecule has 8 nitrogen and oxygen atoms in total. The fourth-order valence-corrected chi connectivity index (χ4v) is 6.47. The van der Waals surface area contributed by atoms with Crippen LogP contribution in [-0.2, 0) is 19.1 Å². The number of hydrogen-bond donors (Lipinski definition) is 3. The molecule has 0 radical (unpaired) electrons. The molecular weight excluding hydrogens is 434 g/mol. The van der Waals surface area contributed by atoms with Crippen LogP contribution in [0.3, 0.4) is 0 Å². The molecule has 3 fully saturated rings. The van der Waals surface area contributed by atoms with Crippen molar-refractivity contribution >= 4 is 17.7 Å². The smallest absolute Gasteiger partial charge is 0.245 e. The summed E-state index contributed by atoms with van der Waals surface area (Å²) < 4.78 is 6.69. The van der Waals surface area contributed by atoms with Gasteiger partial charge < -0.3 is 25.4 Å². The summed E-state index contributed by atoms with van der Waals surface area (Å²) in [4.78, 5) is 42.4. The van der Waals surface area contributed by atoms with Gasteiger partial charge in [-0.25, -0.2) is 0 Å².